The minimum Gasteiger partial charge on any atom is -0.507 e. The minimum atomic E-state index is -0.0681. The number of phenols is 2. The van der Waals surface area contributed by atoms with E-state index in [-0.39, 0.29) is 23.0 Å². The van der Waals surface area contributed by atoms with Gasteiger partial charge in [-0.25, -0.2) is 4.98 Å². The summed E-state index contributed by atoms with van der Waals surface area (Å²) >= 11 is 0. The Morgan fingerprint density at radius 1 is 0.842 bits per heavy atom. The third-order valence-electron chi connectivity index (χ3n) is 2.81. The molecule has 4 nitrogen and oxygen atoms in total. The summed E-state index contributed by atoms with van der Waals surface area (Å²) in [6.07, 6.45) is 1.50. The number of rotatable bonds is 2. The number of hydrogen-bond acceptors (Lipinski definition) is 4. The fourth-order valence-electron chi connectivity index (χ4n) is 1.88. The maximum atomic E-state index is 9.76. The third kappa shape index (κ3) is 2.04. The lowest BCUT2D eigenvalue weighted by atomic mass is 10.1. The maximum absolute atomic E-state index is 9.76. The van der Waals surface area contributed by atoms with Crippen LogP contribution in [0.3, 0.4) is 0 Å². The number of aromatic hydroxyl groups is 2. The molecule has 0 aliphatic rings. The summed E-state index contributed by atoms with van der Waals surface area (Å²) in [5.74, 6) is 0.0531. The molecule has 0 saturated carbocycles. The van der Waals surface area contributed by atoms with E-state index in [1.54, 1.807) is 6.07 Å². The van der Waals surface area contributed by atoms with Crippen molar-refractivity contribution in [2.75, 3.05) is 0 Å². The number of oxazole rings is 1. The Kier molecular flexibility index (Phi) is 2.68. The molecule has 0 radical (unpaired) electrons. The molecule has 0 aliphatic heterocycles. The number of hydrogen-bond donors (Lipinski definition) is 2. The van der Waals surface area contributed by atoms with Crippen molar-refractivity contribution in [3.05, 3.63) is 54.8 Å². The highest BCUT2D eigenvalue weighted by atomic mass is 16.3. The fourth-order valence-corrected chi connectivity index (χ4v) is 1.88. The van der Waals surface area contributed by atoms with Crippen LogP contribution in [-0.4, -0.2) is 15.2 Å². The number of benzene rings is 2. The maximum Gasteiger partial charge on any atom is 0.234 e. The van der Waals surface area contributed by atoms with Crippen LogP contribution in [0, 0.1) is 0 Å². The zero-order valence-electron chi connectivity index (χ0n) is 9.95. The van der Waals surface area contributed by atoms with Crippen LogP contribution in [0.2, 0.25) is 0 Å². The molecule has 2 aromatic carbocycles. The third-order valence-corrected chi connectivity index (χ3v) is 2.81. The molecule has 2 N–H and O–H groups in total. The molecule has 0 fully saturated rings. The lowest BCUT2D eigenvalue weighted by Crippen LogP contribution is -1.82. The molecular formula is C15H11NO3. The van der Waals surface area contributed by atoms with Crippen molar-refractivity contribution in [3.63, 3.8) is 0 Å². The summed E-state index contributed by atoms with van der Waals surface area (Å²) in [7, 11) is 0. The standard InChI is InChI=1S/C15H11NO3/c17-12-7-4-8-13(18)14(12)15-16-11(9-19-15)10-5-2-1-3-6-10/h1-9,17-18H. The quantitative estimate of drug-likeness (QED) is 0.734. The van der Waals surface area contributed by atoms with E-state index in [4.69, 9.17) is 4.42 Å². The highest BCUT2D eigenvalue weighted by Crippen LogP contribution is 2.37. The van der Waals surface area contributed by atoms with Gasteiger partial charge in [0.05, 0.1) is 0 Å². The second kappa shape index (κ2) is 4.49. The summed E-state index contributed by atoms with van der Waals surface area (Å²) < 4.78 is 5.34. The summed E-state index contributed by atoms with van der Waals surface area (Å²) in [6, 6.07) is 14.0. The summed E-state index contributed by atoms with van der Waals surface area (Å²) in [4.78, 5) is 4.29. The van der Waals surface area contributed by atoms with Gasteiger partial charge in [-0.05, 0) is 12.1 Å². The first-order valence-corrected chi connectivity index (χ1v) is 5.78. The number of aromatic nitrogens is 1. The molecule has 0 spiro atoms. The molecular weight excluding hydrogens is 242 g/mol. The van der Waals surface area contributed by atoms with Gasteiger partial charge in [-0.15, -0.1) is 0 Å². The second-order valence-electron chi connectivity index (χ2n) is 4.08. The van der Waals surface area contributed by atoms with E-state index in [0.29, 0.717) is 5.69 Å². The van der Waals surface area contributed by atoms with Gasteiger partial charge in [0.15, 0.2) is 0 Å². The molecule has 3 aromatic rings. The highest BCUT2D eigenvalue weighted by molar-refractivity contribution is 5.71. The van der Waals surface area contributed by atoms with Crippen LogP contribution in [0.5, 0.6) is 11.5 Å². The first kappa shape index (κ1) is 11.3. The van der Waals surface area contributed by atoms with E-state index < -0.39 is 0 Å². The Balaban J connectivity index is 2.07. The molecule has 1 aromatic heterocycles. The molecule has 0 amide bonds. The molecule has 0 saturated heterocycles. The van der Waals surface area contributed by atoms with Crippen LogP contribution in [0.1, 0.15) is 0 Å². The average molecular weight is 253 g/mol. The molecule has 0 bridgehead atoms. The number of nitrogens with zero attached hydrogens (tertiary/aromatic N) is 1. The van der Waals surface area contributed by atoms with Gasteiger partial charge in [0, 0.05) is 5.56 Å². The zero-order chi connectivity index (χ0) is 13.2. The van der Waals surface area contributed by atoms with Crippen molar-refractivity contribution < 1.29 is 14.6 Å². The summed E-state index contributed by atoms with van der Waals surface area (Å²) in [5.41, 5.74) is 1.76. The van der Waals surface area contributed by atoms with Crippen LogP contribution < -0.4 is 0 Å². The Labute approximate surface area is 109 Å². The van der Waals surface area contributed by atoms with Gasteiger partial charge in [-0.3, -0.25) is 0 Å². The van der Waals surface area contributed by atoms with Crippen molar-refractivity contribution in [1.29, 1.82) is 0 Å². The fraction of sp³-hybridized carbons (Fsp3) is 0. The number of phenolic OH excluding ortho intramolecular Hbond substituents is 2. The second-order valence-corrected chi connectivity index (χ2v) is 4.08. The van der Waals surface area contributed by atoms with E-state index >= 15 is 0 Å². The first-order valence-electron chi connectivity index (χ1n) is 5.78. The van der Waals surface area contributed by atoms with Gasteiger partial charge >= 0.3 is 0 Å². The molecule has 19 heavy (non-hydrogen) atoms. The monoisotopic (exact) mass is 253 g/mol. The Morgan fingerprint density at radius 2 is 1.53 bits per heavy atom. The van der Waals surface area contributed by atoms with Gasteiger partial charge in [0.1, 0.15) is 29.0 Å². The zero-order valence-corrected chi connectivity index (χ0v) is 9.95. The first-order chi connectivity index (χ1) is 9.25. The Hall–Kier alpha value is -2.75. The van der Waals surface area contributed by atoms with Crippen molar-refractivity contribution in [2.24, 2.45) is 0 Å². The largest absolute Gasteiger partial charge is 0.507 e. The SMILES string of the molecule is Oc1cccc(O)c1-c1nc(-c2ccccc2)co1. The van der Waals surface area contributed by atoms with Crippen LogP contribution in [0.25, 0.3) is 22.7 Å². The van der Waals surface area contributed by atoms with Crippen molar-refractivity contribution in [1.82, 2.24) is 4.98 Å². The van der Waals surface area contributed by atoms with Gasteiger partial charge in [0.25, 0.3) is 0 Å². The Morgan fingerprint density at radius 3 is 2.21 bits per heavy atom. The molecule has 94 valence electrons. The van der Waals surface area contributed by atoms with Crippen molar-refractivity contribution in [3.8, 4) is 34.2 Å². The molecule has 1 heterocycles. The van der Waals surface area contributed by atoms with Crippen LogP contribution in [0.4, 0.5) is 0 Å². The van der Waals surface area contributed by atoms with Crippen molar-refractivity contribution >= 4 is 0 Å². The van der Waals surface area contributed by atoms with E-state index in [1.807, 2.05) is 30.3 Å². The predicted molar refractivity (Wildman–Crippen MR) is 70.7 cm³/mol. The van der Waals surface area contributed by atoms with E-state index in [9.17, 15) is 10.2 Å². The van der Waals surface area contributed by atoms with Gasteiger partial charge in [-0.2, -0.15) is 0 Å². The van der Waals surface area contributed by atoms with E-state index in [1.165, 1.54) is 18.4 Å². The Bertz CT molecular complexity index is 684. The highest BCUT2D eigenvalue weighted by Gasteiger charge is 2.15. The lowest BCUT2D eigenvalue weighted by molar-refractivity contribution is 0.448. The molecule has 4 heteroatoms. The van der Waals surface area contributed by atoms with Crippen LogP contribution in [-0.2, 0) is 0 Å². The lowest BCUT2D eigenvalue weighted by Gasteiger charge is -2.01. The van der Waals surface area contributed by atoms with Gasteiger partial charge in [-0.1, -0.05) is 36.4 Å². The predicted octanol–water partition coefficient (Wildman–Crippen LogP) is 3.42. The molecule has 0 unspecified atom stereocenters. The summed E-state index contributed by atoms with van der Waals surface area (Å²) in [6.45, 7) is 0. The van der Waals surface area contributed by atoms with Crippen molar-refractivity contribution in [2.45, 2.75) is 0 Å². The summed E-state index contributed by atoms with van der Waals surface area (Å²) in [5, 5.41) is 19.5. The van der Waals surface area contributed by atoms with Crippen LogP contribution >= 0.6 is 0 Å². The van der Waals surface area contributed by atoms with E-state index in [2.05, 4.69) is 4.98 Å². The molecule has 0 aliphatic carbocycles. The normalized spacial score (nSPS) is 10.5. The topological polar surface area (TPSA) is 66.5 Å². The smallest absolute Gasteiger partial charge is 0.234 e. The molecule has 3 rings (SSSR count). The van der Waals surface area contributed by atoms with Gasteiger partial charge < -0.3 is 14.6 Å². The minimum absolute atomic E-state index is 0.0681. The average Bonchev–Trinajstić information content (AvgIpc) is 2.89. The van der Waals surface area contributed by atoms with E-state index in [0.717, 1.165) is 5.56 Å². The molecule has 0 atom stereocenters. The van der Waals surface area contributed by atoms with Crippen LogP contribution in [0.15, 0.2) is 59.2 Å². The van der Waals surface area contributed by atoms with Gasteiger partial charge in [0.2, 0.25) is 5.89 Å².